The Labute approximate surface area is 338 Å². The standard InChI is InChI=1S/C48H26F2N10/c49-31-25-41(59(37-9-1-5-33-45(37)55-21-17-51-33)38-10-2-6-34-46(38)56-22-18-52-34)29-15-13-28-32(50)26-42(30-16-14-27(31)43(29)44(28)30)60(39-11-3-7-35-47(39)57-23-19-53-35)40-12-4-8-36-48(40)58-24-20-54-36/h1-26H. The summed E-state index contributed by atoms with van der Waals surface area (Å²) in [5.74, 6) is -0.961. The van der Waals surface area contributed by atoms with E-state index >= 15 is 8.78 Å². The first-order chi connectivity index (χ1) is 29.6. The molecular weight excluding hydrogens is 755 g/mol. The van der Waals surface area contributed by atoms with Gasteiger partial charge in [0.2, 0.25) is 0 Å². The van der Waals surface area contributed by atoms with E-state index in [-0.39, 0.29) is 0 Å². The molecule has 0 radical (unpaired) electrons. The maximum absolute atomic E-state index is 17.1. The molecule has 0 aliphatic carbocycles. The predicted octanol–water partition coefficient (Wildman–Crippen LogP) is 11.6. The van der Waals surface area contributed by atoms with E-state index in [0.717, 1.165) is 0 Å². The zero-order valence-electron chi connectivity index (χ0n) is 31.2. The molecule has 12 rings (SSSR count). The third-order valence-corrected chi connectivity index (χ3v) is 11.1. The first kappa shape index (κ1) is 33.7. The molecule has 282 valence electrons. The van der Waals surface area contributed by atoms with Gasteiger partial charge >= 0.3 is 0 Å². The van der Waals surface area contributed by atoms with E-state index in [2.05, 4.69) is 19.9 Å². The van der Waals surface area contributed by atoms with Crippen molar-refractivity contribution in [1.29, 1.82) is 0 Å². The second kappa shape index (κ2) is 13.1. The van der Waals surface area contributed by atoms with Crippen LogP contribution in [0.1, 0.15) is 0 Å². The maximum atomic E-state index is 17.1. The Kier molecular flexibility index (Phi) is 7.35. The van der Waals surface area contributed by atoms with Crippen molar-refractivity contribution in [1.82, 2.24) is 39.9 Å². The highest BCUT2D eigenvalue weighted by Crippen LogP contribution is 2.51. The van der Waals surface area contributed by atoms with Gasteiger partial charge in [0.25, 0.3) is 0 Å². The molecule has 0 bridgehead atoms. The van der Waals surface area contributed by atoms with Crippen LogP contribution in [0.25, 0.3) is 76.5 Å². The fourth-order valence-corrected chi connectivity index (χ4v) is 8.65. The molecule has 0 atom stereocenters. The van der Waals surface area contributed by atoms with Crippen LogP contribution < -0.4 is 9.80 Å². The Morgan fingerprint density at radius 1 is 0.300 bits per heavy atom. The van der Waals surface area contributed by atoms with Crippen LogP contribution in [0.15, 0.2) is 159 Å². The number of aromatic nitrogens is 8. The first-order valence-corrected chi connectivity index (χ1v) is 19.1. The van der Waals surface area contributed by atoms with Gasteiger partial charge in [-0.3, -0.25) is 39.9 Å². The van der Waals surface area contributed by atoms with Gasteiger partial charge in [-0.05, 0) is 60.7 Å². The van der Waals surface area contributed by atoms with Crippen LogP contribution in [0, 0.1) is 11.6 Å². The highest BCUT2D eigenvalue weighted by molar-refractivity contribution is 6.29. The van der Waals surface area contributed by atoms with E-state index in [9.17, 15) is 0 Å². The van der Waals surface area contributed by atoms with Crippen LogP contribution in [-0.4, -0.2) is 39.9 Å². The van der Waals surface area contributed by atoms with Crippen molar-refractivity contribution in [3.8, 4) is 0 Å². The minimum atomic E-state index is -0.481. The minimum absolute atomic E-state index is 0.345. The van der Waals surface area contributed by atoms with Gasteiger partial charge in [0.15, 0.2) is 0 Å². The molecule has 0 spiro atoms. The molecule has 60 heavy (non-hydrogen) atoms. The highest BCUT2D eigenvalue weighted by atomic mass is 19.1. The van der Waals surface area contributed by atoms with Crippen molar-refractivity contribution < 1.29 is 8.78 Å². The lowest BCUT2D eigenvalue weighted by Gasteiger charge is -2.30. The molecule has 4 heterocycles. The first-order valence-electron chi connectivity index (χ1n) is 19.1. The molecular formula is C48H26F2N10. The highest BCUT2D eigenvalue weighted by Gasteiger charge is 2.28. The molecule has 0 saturated heterocycles. The smallest absolute Gasteiger partial charge is 0.133 e. The summed E-state index contributed by atoms with van der Waals surface area (Å²) in [4.78, 5) is 41.3. The molecule has 0 N–H and O–H groups in total. The zero-order valence-corrected chi connectivity index (χ0v) is 31.2. The van der Waals surface area contributed by atoms with Crippen LogP contribution in [0.3, 0.4) is 0 Å². The van der Waals surface area contributed by atoms with E-state index in [4.69, 9.17) is 19.9 Å². The van der Waals surface area contributed by atoms with Crippen molar-refractivity contribution in [2.75, 3.05) is 9.80 Å². The van der Waals surface area contributed by atoms with Gasteiger partial charge in [0.05, 0.1) is 56.2 Å². The van der Waals surface area contributed by atoms with Gasteiger partial charge in [0.1, 0.15) is 33.7 Å². The lowest BCUT2D eigenvalue weighted by molar-refractivity contribution is 0.639. The number of halogens is 2. The van der Waals surface area contributed by atoms with E-state index in [1.165, 1.54) is 12.1 Å². The van der Waals surface area contributed by atoms with E-state index in [1.54, 1.807) is 61.7 Å². The fraction of sp³-hybridized carbons (Fsp3) is 0. The molecule has 10 nitrogen and oxygen atoms in total. The van der Waals surface area contributed by atoms with Gasteiger partial charge in [-0.25, -0.2) is 8.78 Å². The SMILES string of the molecule is Fc1cc(N(c2cccc3nccnc23)c2cccc3nccnc23)c2ccc3c(F)cc(N(c4cccc5nccnc45)c4cccc5nccnc45)c4ccc1c2c34. The number of nitrogens with zero attached hydrogens (tertiary/aromatic N) is 10. The van der Waals surface area contributed by atoms with Gasteiger partial charge in [-0.1, -0.05) is 48.5 Å². The van der Waals surface area contributed by atoms with Crippen molar-refractivity contribution >= 4 is 111 Å². The molecule has 12 heteroatoms. The third-order valence-electron chi connectivity index (χ3n) is 11.1. The number of anilines is 6. The minimum Gasteiger partial charge on any atom is -0.305 e. The summed E-state index contributed by atoms with van der Waals surface area (Å²) in [6.45, 7) is 0. The number of fused-ring (bicyclic) bond motifs is 4. The summed E-state index contributed by atoms with van der Waals surface area (Å²) >= 11 is 0. The Bertz CT molecular complexity index is 3270. The molecule has 0 fully saturated rings. The predicted molar refractivity (Wildman–Crippen MR) is 232 cm³/mol. The van der Waals surface area contributed by atoms with Gasteiger partial charge < -0.3 is 9.80 Å². The van der Waals surface area contributed by atoms with Crippen LogP contribution in [-0.2, 0) is 0 Å². The molecule has 0 saturated carbocycles. The largest absolute Gasteiger partial charge is 0.305 e. The molecule has 0 amide bonds. The van der Waals surface area contributed by atoms with Crippen LogP contribution in [0.4, 0.5) is 42.9 Å². The normalized spacial score (nSPS) is 11.8. The lowest BCUT2D eigenvalue weighted by atomic mass is 9.91. The summed E-state index contributed by atoms with van der Waals surface area (Å²) in [5, 5.41) is 3.16. The van der Waals surface area contributed by atoms with Gasteiger partial charge in [0, 0.05) is 81.9 Å². The molecule has 8 aromatic carbocycles. The molecule has 12 aromatic rings. The lowest BCUT2D eigenvalue weighted by Crippen LogP contribution is -2.14. The zero-order chi connectivity index (χ0) is 39.9. The fourth-order valence-electron chi connectivity index (χ4n) is 8.65. The Morgan fingerprint density at radius 3 is 0.900 bits per heavy atom. The number of hydrogen-bond acceptors (Lipinski definition) is 10. The summed E-state index contributed by atoms with van der Waals surface area (Å²) in [6.07, 6.45) is 13.1. The van der Waals surface area contributed by atoms with E-state index in [1.807, 2.05) is 94.7 Å². The number of benzene rings is 8. The Morgan fingerprint density at radius 2 is 0.583 bits per heavy atom. The topological polar surface area (TPSA) is 110 Å². The quantitative estimate of drug-likeness (QED) is 0.151. The van der Waals surface area contributed by atoms with Crippen molar-refractivity contribution in [3.63, 3.8) is 0 Å². The van der Waals surface area contributed by atoms with Gasteiger partial charge in [-0.2, -0.15) is 0 Å². The number of rotatable bonds is 6. The summed E-state index contributed by atoms with van der Waals surface area (Å²) in [5.41, 5.74) is 8.67. The van der Waals surface area contributed by atoms with E-state index < -0.39 is 11.6 Å². The van der Waals surface area contributed by atoms with Crippen LogP contribution in [0.5, 0.6) is 0 Å². The Hall–Kier alpha value is -8.38. The second-order valence-electron chi connectivity index (χ2n) is 14.3. The Balaban J connectivity index is 1.20. The third kappa shape index (κ3) is 4.97. The molecule has 0 unspecified atom stereocenters. The van der Waals surface area contributed by atoms with Gasteiger partial charge in [-0.15, -0.1) is 0 Å². The summed E-state index contributed by atoms with van der Waals surface area (Å²) in [7, 11) is 0. The van der Waals surface area contributed by atoms with Crippen molar-refractivity contribution in [2.24, 2.45) is 0 Å². The maximum Gasteiger partial charge on any atom is 0.133 e. The summed E-state index contributed by atoms with van der Waals surface area (Å²) in [6, 6.07) is 33.2. The van der Waals surface area contributed by atoms with E-state index in [0.29, 0.717) is 111 Å². The molecule has 0 aliphatic heterocycles. The van der Waals surface area contributed by atoms with Crippen molar-refractivity contribution in [2.45, 2.75) is 0 Å². The number of para-hydroxylation sites is 4. The van der Waals surface area contributed by atoms with Crippen LogP contribution in [0.2, 0.25) is 0 Å². The monoisotopic (exact) mass is 780 g/mol. The van der Waals surface area contributed by atoms with Crippen molar-refractivity contribution in [3.05, 3.63) is 170 Å². The van der Waals surface area contributed by atoms with Crippen LogP contribution >= 0.6 is 0 Å². The molecule has 4 aromatic heterocycles. The molecule has 0 aliphatic rings. The average Bonchev–Trinajstić information content (AvgIpc) is 3.30. The summed E-state index contributed by atoms with van der Waals surface area (Å²) < 4.78 is 34.3. The number of hydrogen-bond donors (Lipinski definition) is 0. The second-order valence-corrected chi connectivity index (χ2v) is 14.3. The average molecular weight is 781 g/mol.